The summed E-state index contributed by atoms with van der Waals surface area (Å²) in [5.41, 5.74) is 4.13. The molecule has 0 aromatic heterocycles. The number of nitrogens with zero attached hydrogens (tertiary/aromatic N) is 1. The highest BCUT2D eigenvalue weighted by atomic mass is 19.1. The minimum Gasteiger partial charge on any atom is -0.482 e. The molecule has 3 aliphatic rings. The Morgan fingerprint density at radius 3 is 2.65 bits per heavy atom. The van der Waals surface area contributed by atoms with Crippen molar-refractivity contribution in [3.63, 3.8) is 0 Å². The topological polar surface area (TPSA) is 62.8 Å². The molecule has 3 heterocycles. The molecule has 2 N–H and O–H groups in total. The number of ether oxygens (including phenoxy) is 2. The summed E-state index contributed by atoms with van der Waals surface area (Å²) in [6.07, 6.45) is 1.91. The van der Waals surface area contributed by atoms with Gasteiger partial charge in [-0.3, -0.25) is 9.69 Å². The van der Waals surface area contributed by atoms with Gasteiger partial charge in [0.25, 0.3) is 5.91 Å². The fourth-order valence-electron chi connectivity index (χ4n) is 4.70. The van der Waals surface area contributed by atoms with Gasteiger partial charge in [-0.2, -0.15) is 0 Å². The molecule has 0 aliphatic carbocycles. The monoisotopic (exact) mass is 463 g/mol. The summed E-state index contributed by atoms with van der Waals surface area (Å²) < 4.78 is 25.5. The molecular weight excluding hydrogens is 433 g/mol. The summed E-state index contributed by atoms with van der Waals surface area (Å²) >= 11 is 0. The highest BCUT2D eigenvalue weighted by Gasteiger charge is 2.38. The number of morpholine rings is 1. The average Bonchev–Trinajstić information content (AvgIpc) is 3.32. The summed E-state index contributed by atoms with van der Waals surface area (Å²) in [5.74, 6) is -0.193. The van der Waals surface area contributed by atoms with Crippen LogP contribution in [0.25, 0.3) is 11.1 Å². The second-order valence-electron chi connectivity index (χ2n) is 9.38. The van der Waals surface area contributed by atoms with Crippen LogP contribution < -0.4 is 10.6 Å². The van der Waals surface area contributed by atoms with Crippen molar-refractivity contribution in [3.05, 3.63) is 76.8 Å². The number of carbonyl (C=O) groups is 1. The molecule has 5 rings (SSSR count). The number of anilines is 1. The van der Waals surface area contributed by atoms with Gasteiger partial charge in [-0.1, -0.05) is 24.3 Å². The predicted molar refractivity (Wildman–Crippen MR) is 130 cm³/mol. The Morgan fingerprint density at radius 1 is 1.12 bits per heavy atom. The summed E-state index contributed by atoms with van der Waals surface area (Å²) in [6, 6.07) is 12.7. The third-order valence-corrected chi connectivity index (χ3v) is 6.56. The van der Waals surface area contributed by atoms with E-state index in [1.54, 1.807) is 6.07 Å². The highest BCUT2D eigenvalue weighted by Crippen LogP contribution is 2.44. The molecule has 0 saturated carbocycles. The van der Waals surface area contributed by atoms with Gasteiger partial charge >= 0.3 is 0 Å². The van der Waals surface area contributed by atoms with E-state index in [2.05, 4.69) is 39.8 Å². The molecule has 2 aromatic rings. The Morgan fingerprint density at radius 2 is 1.88 bits per heavy atom. The van der Waals surface area contributed by atoms with Crippen LogP contribution in [-0.4, -0.2) is 55.8 Å². The largest absolute Gasteiger partial charge is 0.482 e. The molecule has 0 unspecified atom stereocenters. The van der Waals surface area contributed by atoms with Crippen molar-refractivity contribution in [2.75, 3.05) is 44.7 Å². The Balaban J connectivity index is 1.30. The number of amides is 1. The molecule has 0 spiro atoms. The summed E-state index contributed by atoms with van der Waals surface area (Å²) in [6.45, 7) is 10.4. The number of carbonyl (C=O) groups excluding carboxylic acids is 1. The number of fused-ring (bicyclic) bond motifs is 1. The molecule has 1 saturated heterocycles. The first-order valence-electron chi connectivity index (χ1n) is 11.8. The number of benzene rings is 2. The minimum atomic E-state index is -0.614. The zero-order valence-electron chi connectivity index (χ0n) is 19.6. The van der Waals surface area contributed by atoms with Gasteiger partial charge in [-0.05, 0) is 49.2 Å². The van der Waals surface area contributed by atoms with E-state index in [-0.39, 0.29) is 11.7 Å². The van der Waals surface area contributed by atoms with Crippen LogP contribution in [0.1, 0.15) is 30.5 Å². The van der Waals surface area contributed by atoms with E-state index >= 15 is 0 Å². The zero-order valence-corrected chi connectivity index (χ0v) is 19.6. The lowest BCUT2D eigenvalue weighted by atomic mass is 9.91. The van der Waals surface area contributed by atoms with Crippen molar-refractivity contribution < 1.29 is 18.7 Å². The molecule has 6 nitrogen and oxygen atoms in total. The third-order valence-electron chi connectivity index (χ3n) is 6.56. The minimum absolute atomic E-state index is 0.276. The smallest absolute Gasteiger partial charge is 0.260 e. The van der Waals surface area contributed by atoms with Gasteiger partial charge in [-0.15, -0.1) is 0 Å². The van der Waals surface area contributed by atoms with Crippen LogP contribution in [0, 0.1) is 5.82 Å². The van der Waals surface area contributed by atoms with Crippen molar-refractivity contribution in [2.45, 2.75) is 26.0 Å². The highest BCUT2D eigenvalue weighted by molar-refractivity contribution is 6.32. The predicted octanol–water partition coefficient (Wildman–Crippen LogP) is 3.80. The fourth-order valence-corrected chi connectivity index (χ4v) is 4.70. The number of nitrogens with one attached hydrogen (secondary N) is 2. The van der Waals surface area contributed by atoms with E-state index in [1.165, 1.54) is 17.7 Å². The van der Waals surface area contributed by atoms with Crippen molar-refractivity contribution in [1.29, 1.82) is 0 Å². The quantitative estimate of drug-likeness (QED) is 0.504. The lowest BCUT2D eigenvalue weighted by Crippen LogP contribution is -2.40. The Kier molecular flexibility index (Phi) is 6.25. The third kappa shape index (κ3) is 4.64. The van der Waals surface area contributed by atoms with Crippen LogP contribution in [0.3, 0.4) is 0 Å². The lowest BCUT2D eigenvalue weighted by molar-refractivity contribution is -0.111. The molecule has 1 fully saturated rings. The number of hydrogen-bond donors (Lipinski definition) is 2. The van der Waals surface area contributed by atoms with E-state index in [4.69, 9.17) is 9.47 Å². The molecule has 1 amide bonds. The van der Waals surface area contributed by atoms with Crippen molar-refractivity contribution in [3.8, 4) is 0 Å². The SMILES string of the molecule is CC1(C)OC(=C2C(=O)Nc3ccc(F)cc32)C=C1c1ccc(CNCCN2CCOCC2)cc1. The van der Waals surface area contributed by atoms with Gasteiger partial charge in [0, 0.05) is 49.5 Å². The maximum absolute atomic E-state index is 13.9. The van der Waals surface area contributed by atoms with Gasteiger partial charge in [0.15, 0.2) is 0 Å². The van der Waals surface area contributed by atoms with E-state index < -0.39 is 5.60 Å². The van der Waals surface area contributed by atoms with Crippen LogP contribution in [0.5, 0.6) is 0 Å². The Labute approximate surface area is 199 Å². The molecule has 3 aliphatic heterocycles. The first-order valence-corrected chi connectivity index (χ1v) is 11.8. The van der Waals surface area contributed by atoms with Crippen LogP contribution in [0.15, 0.2) is 54.3 Å². The van der Waals surface area contributed by atoms with E-state index in [0.717, 1.165) is 57.1 Å². The number of halogens is 1. The van der Waals surface area contributed by atoms with Crippen LogP contribution in [0.2, 0.25) is 0 Å². The molecule has 2 aromatic carbocycles. The molecule has 178 valence electrons. The second kappa shape index (κ2) is 9.33. The molecule has 0 bridgehead atoms. The van der Waals surface area contributed by atoms with Gasteiger partial charge in [-0.25, -0.2) is 4.39 Å². The van der Waals surface area contributed by atoms with Crippen LogP contribution in [-0.2, 0) is 20.8 Å². The number of allylic oxidation sites excluding steroid dienone is 1. The molecule has 0 radical (unpaired) electrons. The standard InChI is InChI=1S/C27H30FN3O3/c1-27(2)22(16-24(34-27)25-21-15-20(28)7-8-23(21)30-26(25)32)19-5-3-18(4-6-19)17-29-9-10-31-11-13-33-14-12-31/h3-8,15-16,29H,9-14,17H2,1-2H3,(H,30,32). The number of rotatable bonds is 6. The maximum atomic E-state index is 13.9. The van der Waals surface area contributed by atoms with Crippen molar-refractivity contribution in [2.24, 2.45) is 0 Å². The average molecular weight is 464 g/mol. The second-order valence-corrected chi connectivity index (χ2v) is 9.38. The van der Waals surface area contributed by atoms with E-state index in [9.17, 15) is 9.18 Å². The van der Waals surface area contributed by atoms with Crippen LogP contribution >= 0.6 is 0 Å². The van der Waals surface area contributed by atoms with Gasteiger partial charge in [0.05, 0.1) is 18.8 Å². The fraction of sp³-hybridized carbons (Fsp3) is 0.370. The van der Waals surface area contributed by atoms with Gasteiger partial charge in [0.1, 0.15) is 17.2 Å². The lowest BCUT2D eigenvalue weighted by Gasteiger charge is -2.26. The van der Waals surface area contributed by atoms with Gasteiger partial charge in [0.2, 0.25) is 0 Å². The van der Waals surface area contributed by atoms with Crippen LogP contribution in [0.4, 0.5) is 10.1 Å². The molecular formula is C27H30FN3O3. The van der Waals surface area contributed by atoms with E-state index in [1.807, 2.05) is 19.9 Å². The summed E-state index contributed by atoms with van der Waals surface area (Å²) in [4.78, 5) is 15.1. The first kappa shape index (κ1) is 22.8. The molecule has 7 heteroatoms. The van der Waals surface area contributed by atoms with E-state index in [0.29, 0.717) is 22.6 Å². The summed E-state index contributed by atoms with van der Waals surface area (Å²) in [7, 11) is 0. The Hall–Kier alpha value is -3.00. The summed E-state index contributed by atoms with van der Waals surface area (Å²) in [5, 5.41) is 6.31. The van der Waals surface area contributed by atoms with Crippen molar-refractivity contribution >= 4 is 22.7 Å². The first-order chi connectivity index (χ1) is 16.4. The van der Waals surface area contributed by atoms with Gasteiger partial charge < -0.3 is 20.1 Å². The normalized spacial score (nSPS) is 21.7. The maximum Gasteiger partial charge on any atom is 0.260 e. The Bertz CT molecular complexity index is 1150. The van der Waals surface area contributed by atoms with Crippen molar-refractivity contribution in [1.82, 2.24) is 10.2 Å². The number of hydrogen-bond acceptors (Lipinski definition) is 5. The molecule has 0 atom stereocenters. The molecule has 34 heavy (non-hydrogen) atoms. The zero-order chi connectivity index (χ0) is 23.7.